The van der Waals surface area contributed by atoms with E-state index < -0.39 is 16.1 Å². The minimum atomic E-state index is -3.78. The Morgan fingerprint density at radius 1 is 1.38 bits per heavy atom. The van der Waals surface area contributed by atoms with Gasteiger partial charge in [-0.05, 0) is 19.4 Å². The van der Waals surface area contributed by atoms with Crippen LogP contribution in [0.2, 0.25) is 0 Å². The highest BCUT2D eigenvalue weighted by Gasteiger charge is 2.24. The van der Waals surface area contributed by atoms with E-state index in [9.17, 15) is 8.42 Å². The standard InChI is InChI=1S/C14H18N6O3S/c1-5-12(13-16-9(3)23-18-13)19-24(21,22)10-6-11-8(2)17-20(4)14(11)15-7-10/h6-7,12,19H,5H2,1-4H3/t12-/m1/s1. The molecule has 3 aromatic heterocycles. The number of fused-ring (bicyclic) bond motifs is 1. The maximum Gasteiger partial charge on any atom is 0.242 e. The SMILES string of the molecule is CC[C@@H](NS(=O)(=O)c1cnc2c(c1)c(C)nn2C)c1noc(C)n1. The molecule has 0 saturated carbocycles. The van der Waals surface area contributed by atoms with Gasteiger partial charge in [-0.25, -0.2) is 18.1 Å². The molecule has 3 rings (SSSR count). The van der Waals surface area contributed by atoms with E-state index in [1.807, 2.05) is 13.8 Å². The molecule has 0 fully saturated rings. The van der Waals surface area contributed by atoms with E-state index in [0.717, 1.165) is 5.69 Å². The van der Waals surface area contributed by atoms with Crippen LogP contribution in [0.4, 0.5) is 0 Å². The number of nitrogens with one attached hydrogen (secondary N) is 1. The highest BCUT2D eigenvalue weighted by molar-refractivity contribution is 7.89. The summed E-state index contributed by atoms with van der Waals surface area (Å²) < 4.78 is 34.5. The summed E-state index contributed by atoms with van der Waals surface area (Å²) in [7, 11) is -2.02. The molecule has 10 heteroatoms. The van der Waals surface area contributed by atoms with E-state index in [1.54, 1.807) is 24.7 Å². The molecule has 24 heavy (non-hydrogen) atoms. The summed E-state index contributed by atoms with van der Waals surface area (Å²) in [6.45, 7) is 5.30. The van der Waals surface area contributed by atoms with Crippen molar-refractivity contribution < 1.29 is 12.9 Å². The van der Waals surface area contributed by atoms with Crippen molar-refractivity contribution in [3.8, 4) is 0 Å². The minimum absolute atomic E-state index is 0.0739. The van der Waals surface area contributed by atoms with E-state index in [4.69, 9.17) is 4.52 Å². The molecule has 0 amide bonds. The molecule has 0 radical (unpaired) electrons. The molecule has 0 aromatic carbocycles. The molecular weight excluding hydrogens is 332 g/mol. The molecule has 1 atom stereocenters. The molecule has 0 bridgehead atoms. The molecule has 0 spiro atoms. The Morgan fingerprint density at radius 2 is 2.12 bits per heavy atom. The number of nitrogens with zero attached hydrogens (tertiary/aromatic N) is 5. The molecule has 0 saturated heterocycles. The van der Waals surface area contributed by atoms with E-state index in [2.05, 4.69) is 24.9 Å². The Morgan fingerprint density at radius 3 is 2.75 bits per heavy atom. The van der Waals surface area contributed by atoms with Crippen molar-refractivity contribution >= 4 is 21.1 Å². The normalized spacial score (nSPS) is 13.5. The van der Waals surface area contributed by atoms with Crippen LogP contribution in [0.1, 0.15) is 36.8 Å². The monoisotopic (exact) mass is 350 g/mol. The molecule has 0 aliphatic heterocycles. The Kier molecular flexibility index (Phi) is 4.10. The van der Waals surface area contributed by atoms with Gasteiger partial charge in [0, 0.05) is 25.6 Å². The Hall–Kier alpha value is -2.33. The third-order valence-corrected chi connectivity index (χ3v) is 5.15. The number of rotatable bonds is 5. The first-order valence-corrected chi connectivity index (χ1v) is 8.92. The van der Waals surface area contributed by atoms with Gasteiger partial charge in [0.2, 0.25) is 15.9 Å². The summed E-state index contributed by atoms with van der Waals surface area (Å²) in [5.74, 6) is 0.696. The molecule has 3 aromatic rings. The molecule has 0 unspecified atom stereocenters. The summed E-state index contributed by atoms with van der Waals surface area (Å²) in [5, 5.41) is 8.74. The van der Waals surface area contributed by atoms with Crippen LogP contribution in [0.3, 0.4) is 0 Å². The van der Waals surface area contributed by atoms with Gasteiger partial charge in [-0.2, -0.15) is 10.1 Å². The Labute approximate surface area is 139 Å². The van der Waals surface area contributed by atoms with Crippen LogP contribution in [0, 0.1) is 13.8 Å². The summed E-state index contributed by atoms with van der Waals surface area (Å²) in [5.41, 5.74) is 1.35. The van der Waals surface area contributed by atoms with E-state index in [-0.39, 0.29) is 4.90 Å². The lowest BCUT2D eigenvalue weighted by molar-refractivity contribution is 0.380. The molecule has 1 N–H and O–H groups in total. The average Bonchev–Trinajstić information content (AvgIpc) is 3.09. The van der Waals surface area contributed by atoms with Crippen molar-refractivity contribution in [2.24, 2.45) is 7.05 Å². The quantitative estimate of drug-likeness (QED) is 0.739. The first-order valence-electron chi connectivity index (χ1n) is 7.43. The Bertz CT molecular complexity index is 991. The lowest BCUT2D eigenvalue weighted by Crippen LogP contribution is -2.29. The lowest BCUT2D eigenvalue weighted by atomic mass is 10.2. The molecule has 3 heterocycles. The van der Waals surface area contributed by atoms with Crippen molar-refractivity contribution in [2.75, 3.05) is 0 Å². The van der Waals surface area contributed by atoms with E-state index >= 15 is 0 Å². The lowest BCUT2D eigenvalue weighted by Gasteiger charge is -2.13. The van der Waals surface area contributed by atoms with Crippen LogP contribution in [0.5, 0.6) is 0 Å². The zero-order valence-corrected chi connectivity index (χ0v) is 14.6. The van der Waals surface area contributed by atoms with Gasteiger partial charge in [-0.3, -0.25) is 4.68 Å². The molecule has 128 valence electrons. The topological polar surface area (TPSA) is 116 Å². The van der Waals surface area contributed by atoms with Gasteiger partial charge in [0.05, 0.1) is 11.7 Å². The minimum Gasteiger partial charge on any atom is -0.340 e. The van der Waals surface area contributed by atoms with Crippen molar-refractivity contribution in [2.45, 2.75) is 38.1 Å². The Balaban J connectivity index is 1.96. The molecule has 0 aliphatic rings. The number of aryl methyl sites for hydroxylation is 3. The first kappa shape index (κ1) is 16.5. The second-order valence-corrected chi connectivity index (χ2v) is 7.22. The van der Waals surface area contributed by atoms with Gasteiger partial charge in [0.25, 0.3) is 0 Å². The van der Waals surface area contributed by atoms with Gasteiger partial charge in [-0.1, -0.05) is 12.1 Å². The van der Waals surface area contributed by atoms with Crippen LogP contribution in [-0.2, 0) is 17.1 Å². The largest absolute Gasteiger partial charge is 0.340 e. The summed E-state index contributed by atoms with van der Waals surface area (Å²) in [6, 6.07) is 0.999. The maximum atomic E-state index is 12.7. The number of sulfonamides is 1. The fraction of sp³-hybridized carbons (Fsp3) is 0.429. The van der Waals surface area contributed by atoms with Crippen LogP contribution in [0.25, 0.3) is 11.0 Å². The zero-order valence-electron chi connectivity index (χ0n) is 13.8. The highest BCUT2D eigenvalue weighted by atomic mass is 32.2. The predicted molar refractivity (Wildman–Crippen MR) is 85.6 cm³/mol. The van der Waals surface area contributed by atoms with Crippen molar-refractivity contribution in [1.29, 1.82) is 0 Å². The summed E-state index contributed by atoms with van der Waals surface area (Å²) in [4.78, 5) is 8.38. The fourth-order valence-corrected chi connectivity index (χ4v) is 3.71. The zero-order chi connectivity index (χ0) is 17.5. The van der Waals surface area contributed by atoms with Gasteiger partial charge < -0.3 is 4.52 Å². The molecule has 0 aliphatic carbocycles. The summed E-state index contributed by atoms with van der Waals surface area (Å²) in [6.07, 6.45) is 1.81. The van der Waals surface area contributed by atoms with Gasteiger partial charge >= 0.3 is 0 Å². The van der Waals surface area contributed by atoms with Gasteiger partial charge in [0.15, 0.2) is 11.5 Å². The van der Waals surface area contributed by atoms with Crippen LogP contribution in [-0.4, -0.2) is 33.3 Å². The van der Waals surface area contributed by atoms with Crippen LogP contribution < -0.4 is 4.72 Å². The molecular formula is C14H18N6O3S. The third kappa shape index (κ3) is 2.89. The fourth-order valence-electron chi connectivity index (χ4n) is 2.47. The van der Waals surface area contributed by atoms with Crippen molar-refractivity contribution in [3.63, 3.8) is 0 Å². The van der Waals surface area contributed by atoms with Crippen LogP contribution in [0.15, 0.2) is 21.7 Å². The number of aromatic nitrogens is 5. The molecule has 9 nitrogen and oxygen atoms in total. The van der Waals surface area contributed by atoms with Gasteiger partial charge in [0.1, 0.15) is 4.90 Å². The van der Waals surface area contributed by atoms with Gasteiger partial charge in [-0.15, -0.1) is 0 Å². The van der Waals surface area contributed by atoms with E-state index in [0.29, 0.717) is 29.2 Å². The summed E-state index contributed by atoms with van der Waals surface area (Å²) >= 11 is 0. The average molecular weight is 350 g/mol. The maximum absolute atomic E-state index is 12.7. The van der Waals surface area contributed by atoms with Crippen molar-refractivity contribution in [3.05, 3.63) is 29.7 Å². The van der Waals surface area contributed by atoms with Crippen LogP contribution >= 0.6 is 0 Å². The second-order valence-electron chi connectivity index (χ2n) is 5.50. The second kappa shape index (κ2) is 5.95. The van der Waals surface area contributed by atoms with Crippen molar-refractivity contribution in [1.82, 2.24) is 29.6 Å². The van der Waals surface area contributed by atoms with E-state index in [1.165, 1.54) is 6.20 Å². The number of hydrogen-bond donors (Lipinski definition) is 1. The number of pyridine rings is 1. The first-order chi connectivity index (χ1) is 11.3. The number of hydrogen-bond acceptors (Lipinski definition) is 7. The smallest absolute Gasteiger partial charge is 0.242 e. The highest BCUT2D eigenvalue weighted by Crippen LogP contribution is 2.22. The third-order valence-electron chi connectivity index (χ3n) is 3.71. The predicted octanol–water partition coefficient (Wildman–Crippen LogP) is 1.40.